The Morgan fingerprint density at radius 3 is 2.59 bits per heavy atom. The van der Waals surface area contributed by atoms with Gasteiger partial charge in [-0.1, -0.05) is 33.1 Å². The summed E-state index contributed by atoms with van der Waals surface area (Å²) in [4.78, 5) is 11.6. The number of hydrogen-bond acceptors (Lipinski definition) is 3. The van der Waals surface area contributed by atoms with Crippen LogP contribution in [-0.2, 0) is 9.53 Å². The molecule has 0 saturated heterocycles. The zero-order valence-electron chi connectivity index (χ0n) is 11.3. The lowest BCUT2D eigenvalue weighted by molar-refractivity contribution is -0.145. The molecule has 0 heterocycles. The average Bonchev–Trinajstić information content (AvgIpc) is 2.20. The van der Waals surface area contributed by atoms with Crippen molar-refractivity contribution in [1.82, 2.24) is 0 Å². The van der Waals surface area contributed by atoms with E-state index in [0.29, 0.717) is 25.5 Å². The van der Waals surface area contributed by atoms with Gasteiger partial charge in [0.15, 0.2) is 0 Å². The molecule has 100 valence electrons. The van der Waals surface area contributed by atoms with Crippen LogP contribution in [-0.4, -0.2) is 19.1 Å². The van der Waals surface area contributed by atoms with E-state index in [0.717, 1.165) is 18.8 Å². The van der Waals surface area contributed by atoms with Crippen LogP contribution in [0.3, 0.4) is 0 Å². The monoisotopic (exact) mass is 241 g/mol. The van der Waals surface area contributed by atoms with Gasteiger partial charge in [-0.2, -0.15) is 0 Å². The Bertz CT molecular complexity index is 224. The van der Waals surface area contributed by atoms with Crippen molar-refractivity contribution in [3.8, 4) is 0 Å². The first-order valence-corrected chi connectivity index (χ1v) is 6.97. The van der Waals surface area contributed by atoms with E-state index in [1.54, 1.807) is 0 Å². The molecular formula is C14H27NO2. The molecule has 0 aromatic carbocycles. The molecule has 0 aromatic rings. The zero-order chi connectivity index (χ0) is 12.7. The number of carbonyl (C=O) groups is 1. The minimum absolute atomic E-state index is 0.0691. The first-order chi connectivity index (χ1) is 8.11. The van der Waals surface area contributed by atoms with Crippen LogP contribution in [0.4, 0.5) is 0 Å². The van der Waals surface area contributed by atoms with Crippen molar-refractivity contribution in [3.05, 3.63) is 0 Å². The molecule has 0 radical (unpaired) electrons. The summed E-state index contributed by atoms with van der Waals surface area (Å²) in [5.74, 6) is 1.61. The molecule has 0 spiro atoms. The molecule has 0 aliphatic heterocycles. The molecule has 3 nitrogen and oxygen atoms in total. The Hall–Kier alpha value is -0.570. The van der Waals surface area contributed by atoms with Crippen LogP contribution in [0, 0.1) is 17.8 Å². The van der Waals surface area contributed by atoms with Crippen LogP contribution in [0.1, 0.15) is 52.4 Å². The van der Waals surface area contributed by atoms with Crippen LogP contribution in [0.5, 0.6) is 0 Å². The predicted octanol–water partition coefficient (Wildman–Crippen LogP) is 2.73. The van der Waals surface area contributed by atoms with Gasteiger partial charge in [0.05, 0.1) is 6.61 Å². The Kier molecular flexibility index (Phi) is 6.56. The summed E-state index contributed by atoms with van der Waals surface area (Å²) in [6.07, 6.45) is 6.52. The van der Waals surface area contributed by atoms with Gasteiger partial charge < -0.3 is 10.5 Å². The molecule has 0 amide bonds. The third-order valence-corrected chi connectivity index (χ3v) is 3.61. The van der Waals surface area contributed by atoms with E-state index >= 15 is 0 Å². The molecule has 1 fully saturated rings. The second-order valence-electron chi connectivity index (χ2n) is 5.74. The number of carbonyl (C=O) groups excluding carboxylic acids is 1. The van der Waals surface area contributed by atoms with Crippen molar-refractivity contribution in [1.29, 1.82) is 0 Å². The molecule has 2 N–H and O–H groups in total. The summed E-state index contributed by atoms with van der Waals surface area (Å²) in [7, 11) is 0. The molecule has 1 rings (SSSR count). The third kappa shape index (κ3) is 6.06. The highest BCUT2D eigenvalue weighted by molar-refractivity contribution is 5.69. The number of rotatable bonds is 8. The number of hydrogen-bond donors (Lipinski definition) is 1. The van der Waals surface area contributed by atoms with E-state index < -0.39 is 0 Å². The number of ether oxygens (including phenoxy) is 1. The zero-order valence-corrected chi connectivity index (χ0v) is 11.3. The van der Waals surface area contributed by atoms with Crippen LogP contribution >= 0.6 is 0 Å². The van der Waals surface area contributed by atoms with Crippen molar-refractivity contribution < 1.29 is 9.53 Å². The lowest BCUT2D eigenvalue weighted by Crippen LogP contribution is -2.22. The van der Waals surface area contributed by atoms with Crippen molar-refractivity contribution in [3.63, 3.8) is 0 Å². The maximum Gasteiger partial charge on any atom is 0.306 e. The minimum atomic E-state index is -0.0691. The highest BCUT2D eigenvalue weighted by Gasteiger charge is 2.18. The van der Waals surface area contributed by atoms with Crippen molar-refractivity contribution >= 4 is 5.97 Å². The topological polar surface area (TPSA) is 52.3 Å². The first kappa shape index (κ1) is 14.5. The fourth-order valence-electron chi connectivity index (χ4n) is 2.35. The second kappa shape index (κ2) is 7.70. The normalized spacial score (nSPS) is 17.9. The maximum atomic E-state index is 11.6. The van der Waals surface area contributed by atoms with Gasteiger partial charge in [0.25, 0.3) is 0 Å². The molecule has 0 bridgehead atoms. The van der Waals surface area contributed by atoms with Gasteiger partial charge in [0.2, 0.25) is 0 Å². The highest BCUT2D eigenvalue weighted by Crippen LogP contribution is 2.29. The van der Waals surface area contributed by atoms with E-state index in [1.807, 2.05) is 0 Å². The van der Waals surface area contributed by atoms with Crippen LogP contribution in [0.2, 0.25) is 0 Å². The standard InChI is InChI=1S/C14H27NO2/c1-11(2)8-13(10-15)9-14(16)17-7-6-12-4-3-5-12/h11-13H,3-10,15H2,1-2H3. The van der Waals surface area contributed by atoms with Gasteiger partial charge in [-0.3, -0.25) is 4.79 Å². The van der Waals surface area contributed by atoms with Crippen LogP contribution in [0.25, 0.3) is 0 Å². The van der Waals surface area contributed by atoms with Crippen molar-refractivity contribution in [2.45, 2.75) is 52.4 Å². The predicted molar refractivity (Wildman–Crippen MR) is 69.5 cm³/mol. The van der Waals surface area contributed by atoms with Gasteiger partial charge in [-0.25, -0.2) is 0 Å². The van der Waals surface area contributed by atoms with Crippen molar-refractivity contribution in [2.24, 2.45) is 23.5 Å². The van der Waals surface area contributed by atoms with Gasteiger partial charge in [0, 0.05) is 6.42 Å². The van der Waals surface area contributed by atoms with Gasteiger partial charge in [-0.15, -0.1) is 0 Å². The van der Waals surface area contributed by atoms with Gasteiger partial charge >= 0.3 is 5.97 Å². The van der Waals surface area contributed by atoms with E-state index in [-0.39, 0.29) is 11.9 Å². The SMILES string of the molecule is CC(C)CC(CN)CC(=O)OCCC1CCC1. The van der Waals surface area contributed by atoms with E-state index in [1.165, 1.54) is 19.3 Å². The Labute approximate surface area is 105 Å². The van der Waals surface area contributed by atoms with Crippen LogP contribution < -0.4 is 5.73 Å². The van der Waals surface area contributed by atoms with Crippen LogP contribution in [0.15, 0.2) is 0 Å². The van der Waals surface area contributed by atoms with E-state index in [2.05, 4.69) is 13.8 Å². The largest absolute Gasteiger partial charge is 0.466 e. The molecule has 1 saturated carbocycles. The maximum absolute atomic E-state index is 11.6. The molecule has 17 heavy (non-hydrogen) atoms. The second-order valence-corrected chi connectivity index (χ2v) is 5.74. The van der Waals surface area contributed by atoms with Gasteiger partial charge in [0.1, 0.15) is 0 Å². The van der Waals surface area contributed by atoms with Crippen molar-refractivity contribution in [2.75, 3.05) is 13.2 Å². The van der Waals surface area contributed by atoms with Gasteiger partial charge in [-0.05, 0) is 37.1 Å². The van der Waals surface area contributed by atoms with E-state index in [9.17, 15) is 4.79 Å². The Balaban J connectivity index is 2.08. The third-order valence-electron chi connectivity index (χ3n) is 3.61. The Morgan fingerprint density at radius 2 is 2.12 bits per heavy atom. The average molecular weight is 241 g/mol. The summed E-state index contributed by atoms with van der Waals surface area (Å²) >= 11 is 0. The first-order valence-electron chi connectivity index (χ1n) is 6.97. The summed E-state index contributed by atoms with van der Waals surface area (Å²) in [5, 5.41) is 0. The smallest absolute Gasteiger partial charge is 0.306 e. The highest BCUT2D eigenvalue weighted by atomic mass is 16.5. The summed E-state index contributed by atoms with van der Waals surface area (Å²) in [6, 6.07) is 0. The number of esters is 1. The molecule has 1 aliphatic rings. The molecule has 0 aromatic heterocycles. The molecule has 1 aliphatic carbocycles. The molecular weight excluding hydrogens is 214 g/mol. The lowest BCUT2D eigenvalue weighted by atomic mass is 9.83. The summed E-state index contributed by atoms with van der Waals surface area (Å²) < 4.78 is 5.27. The summed E-state index contributed by atoms with van der Waals surface area (Å²) in [5.41, 5.74) is 5.67. The fraction of sp³-hybridized carbons (Fsp3) is 0.929. The Morgan fingerprint density at radius 1 is 1.41 bits per heavy atom. The summed E-state index contributed by atoms with van der Waals surface area (Å²) in [6.45, 7) is 5.49. The molecule has 3 heteroatoms. The minimum Gasteiger partial charge on any atom is -0.466 e. The fourth-order valence-corrected chi connectivity index (χ4v) is 2.35. The lowest BCUT2D eigenvalue weighted by Gasteiger charge is -2.25. The quantitative estimate of drug-likeness (QED) is 0.665. The van der Waals surface area contributed by atoms with E-state index in [4.69, 9.17) is 10.5 Å². The molecule has 1 unspecified atom stereocenters. The molecule has 1 atom stereocenters. The number of nitrogens with two attached hydrogens (primary N) is 1.